The molecule has 0 aromatic carbocycles. The third kappa shape index (κ3) is 5.52. The highest BCUT2D eigenvalue weighted by Gasteiger charge is 2.33. The second kappa shape index (κ2) is 8.78. The maximum atomic E-state index is 12.5. The molecule has 3 aliphatic rings. The van der Waals surface area contributed by atoms with Gasteiger partial charge in [-0.2, -0.15) is 0 Å². The van der Waals surface area contributed by atoms with Crippen molar-refractivity contribution in [2.45, 2.75) is 6.92 Å². The first-order valence-corrected chi connectivity index (χ1v) is 10.8. The number of hydrogen-bond donors (Lipinski definition) is 0. The van der Waals surface area contributed by atoms with Crippen LogP contribution < -0.4 is 0 Å². The third-order valence-corrected chi connectivity index (χ3v) is 6.17. The Bertz CT molecular complexity index is 558. The van der Waals surface area contributed by atoms with Crippen molar-refractivity contribution in [3.05, 3.63) is 0 Å². The molecule has 3 amide bonds. The highest BCUT2D eigenvalue weighted by Crippen LogP contribution is 2.42. The smallest absolute Gasteiger partial charge is 0.312 e. The van der Waals surface area contributed by atoms with E-state index in [4.69, 9.17) is 4.52 Å². The molecule has 0 saturated carbocycles. The summed E-state index contributed by atoms with van der Waals surface area (Å²) in [6, 6.07) is 0. The van der Waals surface area contributed by atoms with E-state index in [0.29, 0.717) is 59.0 Å². The minimum absolute atomic E-state index is 0.260. The van der Waals surface area contributed by atoms with Crippen LogP contribution in [0.1, 0.15) is 6.92 Å². The number of fused-ring (bicyclic) bond motifs is 9. The molecule has 0 aromatic heterocycles. The number of hydrogen-bond acceptors (Lipinski definition) is 6. The van der Waals surface area contributed by atoms with Crippen LogP contribution in [0.15, 0.2) is 0 Å². The molecular formula is C15H27N4O5P. The van der Waals surface area contributed by atoms with Gasteiger partial charge >= 0.3 is 11.8 Å². The van der Waals surface area contributed by atoms with Gasteiger partial charge in [0.15, 0.2) is 0 Å². The molecule has 10 heteroatoms. The molecule has 3 rings (SSSR count). The zero-order valence-electron chi connectivity index (χ0n) is 14.9. The summed E-state index contributed by atoms with van der Waals surface area (Å²) in [6.45, 7) is 7.34. The molecule has 0 N–H and O–H groups in total. The van der Waals surface area contributed by atoms with Crippen LogP contribution in [-0.2, 0) is 23.5 Å². The number of nitrogens with zero attached hydrogens (tertiary/aromatic N) is 4. The molecule has 1 atom stereocenters. The van der Waals surface area contributed by atoms with Gasteiger partial charge in [0.1, 0.15) is 0 Å². The van der Waals surface area contributed by atoms with E-state index >= 15 is 0 Å². The highest BCUT2D eigenvalue weighted by molar-refractivity contribution is 7.58. The van der Waals surface area contributed by atoms with Crippen LogP contribution in [-0.4, -0.2) is 110 Å². The van der Waals surface area contributed by atoms with Crippen LogP contribution in [0, 0.1) is 0 Å². The third-order valence-electron chi connectivity index (χ3n) is 4.45. The van der Waals surface area contributed by atoms with Crippen molar-refractivity contribution in [1.82, 2.24) is 19.6 Å². The second-order valence-corrected chi connectivity index (χ2v) is 8.99. The molecule has 1 unspecified atom stereocenters. The zero-order valence-corrected chi connectivity index (χ0v) is 15.8. The molecule has 25 heavy (non-hydrogen) atoms. The van der Waals surface area contributed by atoms with Gasteiger partial charge in [0.2, 0.25) is 13.8 Å². The van der Waals surface area contributed by atoms with E-state index in [-0.39, 0.29) is 6.29 Å². The summed E-state index contributed by atoms with van der Waals surface area (Å²) in [5.74, 6) is -1.02. The first-order chi connectivity index (χ1) is 11.9. The fourth-order valence-electron chi connectivity index (χ4n) is 3.07. The van der Waals surface area contributed by atoms with Crippen LogP contribution in [0.3, 0.4) is 0 Å². The summed E-state index contributed by atoms with van der Waals surface area (Å²) < 4.78 is 17.8. The summed E-state index contributed by atoms with van der Waals surface area (Å²) in [4.78, 5) is 42.2. The molecule has 9 nitrogen and oxygen atoms in total. The fraction of sp³-hybridized carbons (Fsp3) is 0.800. The summed E-state index contributed by atoms with van der Waals surface area (Å²) in [7, 11) is -2.77. The lowest BCUT2D eigenvalue weighted by molar-refractivity contribution is -0.156. The van der Waals surface area contributed by atoms with Crippen LogP contribution in [0.4, 0.5) is 0 Å². The Kier molecular flexibility index (Phi) is 6.98. The lowest BCUT2D eigenvalue weighted by Gasteiger charge is -2.37. The van der Waals surface area contributed by atoms with Crippen molar-refractivity contribution in [2.75, 3.05) is 71.9 Å². The van der Waals surface area contributed by atoms with Crippen molar-refractivity contribution >= 4 is 25.6 Å². The average Bonchev–Trinajstić information content (AvgIpc) is 2.55. The van der Waals surface area contributed by atoms with Gasteiger partial charge in [-0.15, -0.1) is 0 Å². The number of carbonyl (C=O) groups excluding carboxylic acids is 3. The Morgan fingerprint density at radius 2 is 1.44 bits per heavy atom. The van der Waals surface area contributed by atoms with Crippen LogP contribution >= 0.6 is 7.37 Å². The second-order valence-electron chi connectivity index (χ2n) is 6.42. The van der Waals surface area contributed by atoms with Crippen LogP contribution in [0.2, 0.25) is 0 Å². The summed E-state index contributed by atoms with van der Waals surface area (Å²) >= 11 is 0. The molecular weight excluding hydrogens is 347 g/mol. The standard InChI is InChI=1S/C15H27N4O5P/c1-3-24-25(2,23)13-17-5-4-16(12-20)6-8-18-10-11-19(9-7-17)15(22)14(18)21/h12H,3-11,13H2,1-2H3. The van der Waals surface area contributed by atoms with Crippen molar-refractivity contribution in [3.63, 3.8) is 0 Å². The van der Waals surface area contributed by atoms with Crippen molar-refractivity contribution < 1.29 is 23.5 Å². The molecule has 3 heterocycles. The van der Waals surface area contributed by atoms with Crippen LogP contribution in [0.5, 0.6) is 0 Å². The Morgan fingerprint density at radius 1 is 0.960 bits per heavy atom. The molecule has 0 aromatic rings. The van der Waals surface area contributed by atoms with Gasteiger partial charge in [-0.05, 0) is 6.92 Å². The van der Waals surface area contributed by atoms with E-state index < -0.39 is 19.2 Å². The van der Waals surface area contributed by atoms with Gasteiger partial charge in [-0.3, -0.25) is 23.8 Å². The van der Waals surface area contributed by atoms with E-state index in [1.165, 1.54) is 4.90 Å². The van der Waals surface area contributed by atoms with Crippen molar-refractivity contribution in [2.24, 2.45) is 0 Å². The monoisotopic (exact) mass is 374 g/mol. The van der Waals surface area contributed by atoms with E-state index in [0.717, 1.165) is 6.41 Å². The van der Waals surface area contributed by atoms with E-state index in [1.54, 1.807) is 23.4 Å². The van der Waals surface area contributed by atoms with Crippen LogP contribution in [0.25, 0.3) is 0 Å². The zero-order chi connectivity index (χ0) is 18.4. The van der Waals surface area contributed by atoms with Gasteiger partial charge in [0.05, 0.1) is 12.9 Å². The van der Waals surface area contributed by atoms with Crippen molar-refractivity contribution in [1.29, 1.82) is 0 Å². The van der Waals surface area contributed by atoms with Gasteiger partial charge < -0.3 is 19.2 Å². The lowest BCUT2D eigenvalue weighted by Crippen LogP contribution is -2.57. The quantitative estimate of drug-likeness (QED) is 0.360. The Balaban J connectivity index is 2.12. The molecule has 0 spiro atoms. The summed E-state index contributed by atoms with van der Waals surface area (Å²) in [5.41, 5.74) is 0. The number of amides is 3. The number of carbonyl (C=O) groups is 3. The number of rotatable bonds is 5. The van der Waals surface area contributed by atoms with E-state index in [1.807, 2.05) is 4.90 Å². The molecule has 3 fully saturated rings. The maximum Gasteiger partial charge on any atom is 0.312 e. The highest BCUT2D eigenvalue weighted by atomic mass is 31.2. The average molecular weight is 374 g/mol. The van der Waals surface area contributed by atoms with Gasteiger partial charge in [0.25, 0.3) is 0 Å². The number of piperazine rings is 1. The van der Waals surface area contributed by atoms with Gasteiger partial charge in [-0.1, -0.05) is 0 Å². The molecule has 3 saturated heterocycles. The minimum Gasteiger partial charge on any atom is -0.342 e. The fourth-order valence-corrected chi connectivity index (χ4v) is 4.71. The Hall–Kier alpha value is -1.44. The van der Waals surface area contributed by atoms with Gasteiger partial charge in [0, 0.05) is 59.0 Å². The minimum atomic E-state index is -2.77. The molecule has 142 valence electrons. The summed E-state index contributed by atoms with van der Waals surface area (Å²) in [5, 5.41) is 0. The molecule has 2 bridgehead atoms. The van der Waals surface area contributed by atoms with E-state index in [9.17, 15) is 18.9 Å². The van der Waals surface area contributed by atoms with Gasteiger partial charge in [-0.25, -0.2) is 0 Å². The topological polar surface area (TPSA) is 90.5 Å². The first kappa shape index (κ1) is 19.9. The predicted octanol–water partition coefficient (Wildman–Crippen LogP) is -0.667. The normalized spacial score (nSPS) is 23.2. The predicted molar refractivity (Wildman–Crippen MR) is 92.4 cm³/mol. The summed E-state index contributed by atoms with van der Waals surface area (Å²) in [6.07, 6.45) is 1.01. The Morgan fingerprint density at radius 3 is 2.00 bits per heavy atom. The maximum absolute atomic E-state index is 12.5. The molecule has 3 aliphatic heterocycles. The van der Waals surface area contributed by atoms with E-state index in [2.05, 4.69) is 0 Å². The van der Waals surface area contributed by atoms with Crippen molar-refractivity contribution in [3.8, 4) is 0 Å². The molecule has 0 aliphatic carbocycles. The lowest BCUT2D eigenvalue weighted by atomic mass is 10.2. The largest absolute Gasteiger partial charge is 0.342 e. The SMILES string of the molecule is CCOP(C)(=O)CN1CCN(C=O)CCN2CCN(CC1)C(=O)C2=O. The molecule has 0 radical (unpaired) electrons. The Labute approximate surface area is 148 Å². The first-order valence-electron chi connectivity index (χ1n) is 8.57.